The van der Waals surface area contributed by atoms with Crippen LogP contribution in [0.25, 0.3) is 0 Å². The highest BCUT2D eigenvalue weighted by atomic mass is 16.6. The minimum Gasteiger partial charge on any atom is -0.392 e. The Morgan fingerprint density at radius 2 is 2.10 bits per heavy atom. The minimum atomic E-state index is -0.513. The van der Waals surface area contributed by atoms with Gasteiger partial charge in [-0.05, 0) is 25.0 Å². The largest absolute Gasteiger partial charge is 0.392 e. The summed E-state index contributed by atoms with van der Waals surface area (Å²) in [5.41, 5.74) is 0.472. The molecular weight excluding hydrogens is 260 g/mol. The summed E-state index contributed by atoms with van der Waals surface area (Å²) in [6.45, 7) is 5.47. The first-order chi connectivity index (χ1) is 9.21. The van der Waals surface area contributed by atoms with Gasteiger partial charge in [0, 0.05) is 29.2 Å². The lowest BCUT2D eigenvalue weighted by atomic mass is 9.64. The number of carbonyl (C=O) groups excluding carboxylic acids is 1. The fourth-order valence-electron chi connectivity index (χ4n) is 2.39. The summed E-state index contributed by atoms with van der Waals surface area (Å²) in [7, 11) is 0. The molecule has 1 aliphatic rings. The topological polar surface area (TPSA) is 92.5 Å². The van der Waals surface area contributed by atoms with E-state index in [1.54, 1.807) is 13.0 Å². The van der Waals surface area contributed by atoms with Crippen molar-refractivity contribution in [1.82, 2.24) is 5.32 Å². The van der Waals surface area contributed by atoms with Gasteiger partial charge in [-0.25, -0.2) is 0 Å². The highest BCUT2D eigenvalue weighted by Gasteiger charge is 2.48. The van der Waals surface area contributed by atoms with Gasteiger partial charge in [-0.1, -0.05) is 13.8 Å². The third kappa shape index (κ3) is 2.51. The van der Waals surface area contributed by atoms with Gasteiger partial charge in [-0.3, -0.25) is 14.9 Å². The molecule has 0 spiro atoms. The summed E-state index contributed by atoms with van der Waals surface area (Å²) >= 11 is 0. The third-order valence-electron chi connectivity index (χ3n) is 4.06. The Labute approximate surface area is 117 Å². The van der Waals surface area contributed by atoms with E-state index in [-0.39, 0.29) is 28.6 Å². The number of nitrogens with zero attached hydrogens (tertiary/aromatic N) is 1. The Morgan fingerprint density at radius 3 is 2.60 bits per heavy atom. The Hall–Kier alpha value is -1.95. The quantitative estimate of drug-likeness (QED) is 0.651. The zero-order chi connectivity index (χ0) is 15.1. The highest BCUT2D eigenvalue weighted by Crippen LogP contribution is 2.40. The van der Waals surface area contributed by atoms with Crippen molar-refractivity contribution >= 4 is 11.6 Å². The smallest absolute Gasteiger partial charge is 0.270 e. The van der Waals surface area contributed by atoms with Gasteiger partial charge in [-0.15, -0.1) is 0 Å². The van der Waals surface area contributed by atoms with Crippen LogP contribution in [0.1, 0.15) is 36.2 Å². The lowest BCUT2D eigenvalue weighted by Crippen LogP contribution is -2.61. The van der Waals surface area contributed by atoms with Crippen molar-refractivity contribution in [3.8, 4) is 0 Å². The van der Waals surface area contributed by atoms with E-state index in [2.05, 4.69) is 5.32 Å². The number of amides is 1. The van der Waals surface area contributed by atoms with Crippen LogP contribution in [-0.2, 0) is 0 Å². The number of nitro groups is 1. The summed E-state index contributed by atoms with van der Waals surface area (Å²) in [5.74, 6) is -0.346. The first-order valence-corrected chi connectivity index (χ1v) is 6.47. The average molecular weight is 278 g/mol. The third-order valence-corrected chi connectivity index (χ3v) is 4.06. The lowest BCUT2D eigenvalue weighted by Gasteiger charge is -2.49. The molecule has 0 radical (unpaired) electrons. The standard InChI is InChI=1S/C14H18N2O4/c1-8-4-9(6-10(5-8)16(19)20)13(18)15-11-7-12(17)14(11,2)3/h4-6,11-12,17H,7H2,1-3H3,(H,15,18). The molecule has 2 N–H and O–H groups in total. The van der Waals surface area contributed by atoms with Crippen molar-refractivity contribution in [2.75, 3.05) is 0 Å². The van der Waals surface area contributed by atoms with Gasteiger partial charge < -0.3 is 10.4 Å². The molecule has 0 bridgehead atoms. The first kappa shape index (κ1) is 14.5. The zero-order valence-corrected chi connectivity index (χ0v) is 11.7. The molecule has 1 aromatic rings. The Bertz CT molecular complexity index is 568. The van der Waals surface area contributed by atoms with Crippen molar-refractivity contribution in [2.24, 2.45) is 5.41 Å². The van der Waals surface area contributed by atoms with Crippen LogP contribution in [0.5, 0.6) is 0 Å². The number of aliphatic hydroxyl groups excluding tert-OH is 1. The molecular formula is C14H18N2O4. The molecule has 0 aromatic heterocycles. The van der Waals surface area contributed by atoms with E-state index in [9.17, 15) is 20.0 Å². The Balaban J connectivity index is 2.16. The molecule has 108 valence electrons. The van der Waals surface area contributed by atoms with Gasteiger partial charge in [0.05, 0.1) is 11.0 Å². The molecule has 0 saturated heterocycles. The summed E-state index contributed by atoms with van der Waals surface area (Å²) in [5, 5.41) is 23.3. The average Bonchev–Trinajstić information content (AvgIpc) is 2.37. The van der Waals surface area contributed by atoms with Crippen molar-refractivity contribution < 1.29 is 14.8 Å². The number of carbonyl (C=O) groups is 1. The Morgan fingerprint density at radius 1 is 1.45 bits per heavy atom. The van der Waals surface area contributed by atoms with E-state index < -0.39 is 11.0 Å². The first-order valence-electron chi connectivity index (χ1n) is 6.47. The molecule has 6 nitrogen and oxygen atoms in total. The van der Waals surface area contributed by atoms with Crippen molar-refractivity contribution in [1.29, 1.82) is 0 Å². The fourth-order valence-corrected chi connectivity index (χ4v) is 2.39. The number of benzene rings is 1. The summed E-state index contributed by atoms with van der Waals surface area (Å²) in [6.07, 6.45) is 0.0757. The Kier molecular flexibility index (Phi) is 3.52. The molecule has 2 rings (SSSR count). The van der Waals surface area contributed by atoms with Crippen LogP contribution in [0.4, 0.5) is 5.69 Å². The maximum absolute atomic E-state index is 12.2. The van der Waals surface area contributed by atoms with Gasteiger partial charge in [0.2, 0.25) is 0 Å². The number of aryl methyl sites for hydroxylation is 1. The highest BCUT2D eigenvalue weighted by molar-refractivity contribution is 5.95. The molecule has 1 fully saturated rings. The number of rotatable bonds is 3. The normalized spacial score (nSPS) is 23.8. The van der Waals surface area contributed by atoms with Gasteiger partial charge in [0.25, 0.3) is 11.6 Å². The van der Waals surface area contributed by atoms with Gasteiger partial charge >= 0.3 is 0 Å². The lowest BCUT2D eigenvalue weighted by molar-refractivity contribution is -0.384. The number of hydrogen-bond acceptors (Lipinski definition) is 4. The van der Waals surface area contributed by atoms with Crippen LogP contribution in [0.3, 0.4) is 0 Å². The second kappa shape index (κ2) is 4.86. The molecule has 1 amide bonds. The molecule has 6 heteroatoms. The van der Waals surface area contributed by atoms with Crippen molar-refractivity contribution in [2.45, 2.75) is 39.3 Å². The van der Waals surface area contributed by atoms with E-state index in [1.807, 2.05) is 13.8 Å². The van der Waals surface area contributed by atoms with E-state index in [0.717, 1.165) is 0 Å². The molecule has 1 aromatic carbocycles. The van der Waals surface area contributed by atoms with Gasteiger partial charge in [-0.2, -0.15) is 0 Å². The fraction of sp³-hybridized carbons (Fsp3) is 0.500. The molecule has 20 heavy (non-hydrogen) atoms. The molecule has 0 aliphatic heterocycles. The molecule has 1 saturated carbocycles. The second-order valence-corrected chi connectivity index (χ2v) is 5.91. The number of nitrogens with one attached hydrogen (secondary N) is 1. The van der Waals surface area contributed by atoms with Gasteiger partial charge in [0.15, 0.2) is 0 Å². The SMILES string of the molecule is Cc1cc(C(=O)NC2CC(O)C2(C)C)cc([N+](=O)[O-])c1. The summed E-state index contributed by atoms with van der Waals surface area (Å²) in [4.78, 5) is 22.4. The van der Waals surface area contributed by atoms with E-state index in [0.29, 0.717) is 12.0 Å². The predicted molar refractivity (Wildman–Crippen MR) is 73.5 cm³/mol. The van der Waals surface area contributed by atoms with Crippen LogP contribution >= 0.6 is 0 Å². The van der Waals surface area contributed by atoms with E-state index in [4.69, 9.17) is 0 Å². The summed E-state index contributed by atoms with van der Waals surface area (Å²) < 4.78 is 0. The second-order valence-electron chi connectivity index (χ2n) is 5.91. The van der Waals surface area contributed by atoms with E-state index >= 15 is 0 Å². The summed E-state index contributed by atoms with van der Waals surface area (Å²) in [6, 6.07) is 4.19. The van der Waals surface area contributed by atoms with Crippen molar-refractivity contribution in [3.05, 3.63) is 39.4 Å². The van der Waals surface area contributed by atoms with Crippen LogP contribution in [-0.4, -0.2) is 28.1 Å². The minimum absolute atomic E-state index is 0.0944. The number of hydrogen-bond donors (Lipinski definition) is 2. The number of nitro benzene ring substituents is 1. The maximum atomic E-state index is 12.2. The molecule has 2 unspecified atom stereocenters. The van der Waals surface area contributed by atoms with Crippen LogP contribution in [0.15, 0.2) is 18.2 Å². The van der Waals surface area contributed by atoms with Crippen LogP contribution < -0.4 is 5.32 Å². The monoisotopic (exact) mass is 278 g/mol. The molecule has 1 aliphatic carbocycles. The van der Waals surface area contributed by atoms with E-state index in [1.165, 1.54) is 12.1 Å². The molecule has 0 heterocycles. The van der Waals surface area contributed by atoms with Crippen LogP contribution in [0, 0.1) is 22.5 Å². The number of aliphatic hydroxyl groups is 1. The molecule has 2 atom stereocenters. The van der Waals surface area contributed by atoms with Crippen molar-refractivity contribution in [3.63, 3.8) is 0 Å². The number of non-ortho nitro benzene ring substituents is 1. The van der Waals surface area contributed by atoms with Gasteiger partial charge in [0.1, 0.15) is 0 Å². The predicted octanol–water partition coefficient (Wildman–Crippen LogP) is 1.79. The zero-order valence-electron chi connectivity index (χ0n) is 11.7. The van der Waals surface area contributed by atoms with Crippen LogP contribution in [0.2, 0.25) is 0 Å². The maximum Gasteiger partial charge on any atom is 0.270 e.